The Morgan fingerprint density at radius 2 is 2.12 bits per heavy atom. The second-order valence-corrected chi connectivity index (χ2v) is 6.23. The number of aryl methyl sites for hydroxylation is 1. The number of benzene rings is 1. The van der Waals surface area contributed by atoms with E-state index in [1.807, 2.05) is 0 Å². The molecule has 1 fully saturated rings. The fourth-order valence-corrected chi connectivity index (χ4v) is 2.84. The predicted molar refractivity (Wildman–Crippen MR) is 91.3 cm³/mol. The minimum absolute atomic E-state index is 0.114. The third-order valence-corrected chi connectivity index (χ3v) is 4.54. The first-order valence-electron chi connectivity index (χ1n) is 8.41. The lowest BCUT2D eigenvalue weighted by Gasteiger charge is -2.23. The summed E-state index contributed by atoms with van der Waals surface area (Å²) >= 11 is 0. The van der Waals surface area contributed by atoms with Crippen molar-refractivity contribution < 1.29 is 9.18 Å². The Balaban J connectivity index is 1.65. The number of hydrogen-bond donors (Lipinski definition) is 2. The van der Waals surface area contributed by atoms with E-state index in [1.165, 1.54) is 16.8 Å². The van der Waals surface area contributed by atoms with Gasteiger partial charge in [-0.1, -0.05) is 6.42 Å². The number of carbonyl (C=O) groups is 1. The highest BCUT2D eigenvalue weighted by atomic mass is 19.1. The average Bonchev–Trinajstić information content (AvgIpc) is 2.86. The second kappa shape index (κ2) is 7.34. The predicted octanol–water partition coefficient (Wildman–Crippen LogP) is 2.31. The molecular formula is C18H20FN5O. The summed E-state index contributed by atoms with van der Waals surface area (Å²) < 4.78 is 14.5. The first-order chi connectivity index (χ1) is 12.1. The molecule has 25 heavy (non-hydrogen) atoms. The quantitative estimate of drug-likeness (QED) is 0.788. The van der Waals surface area contributed by atoms with Gasteiger partial charge in [0.05, 0.1) is 11.4 Å². The van der Waals surface area contributed by atoms with Gasteiger partial charge >= 0.3 is 0 Å². The number of hydrogen-bond acceptors (Lipinski definition) is 4. The monoisotopic (exact) mass is 341 g/mol. The van der Waals surface area contributed by atoms with E-state index in [1.54, 1.807) is 12.1 Å². The molecule has 3 rings (SSSR count). The maximum absolute atomic E-state index is 13.1. The molecule has 1 aliphatic carbocycles. The van der Waals surface area contributed by atoms with Crippen molar-refractivity contribution in [1.82, 2.24) is 15.1 Å². The van der Waals surface area contributed by atoms with Gasteiger partial charge in [0.15, 0.2) is 0 Å². The molecule has 0 aliphatic heterocycles. The normalized spacial score (nSPS) is 13.9. The van der Waals surface area contributed by atoms with Crippen molar-refractivity contribution >= 4 is 11.7 Å². The third kappa shape index (κ3) is 3.63. The molecule has 1 saturated carbocycles. The van der Waals surface area contributed by atoms with Crippen LogP contribution in [-0.4, -0.2) is 22.2 Å². The van der Waals surface area contributed by atoms with Crippen molar-refractivity contribution in [3.05, 3.63) is 41.3 Å². The largest absolute Gasteiger partial charge is 0.382 e. The first kappa shape index (κ1) is 17.0. The van der Waals surface area contributed by atoms with Crippen LogP contribution in [0.5, 0.6) is 0 Å². The Hall–Kier alpha value is -2.88. The number of aromatic nitrogens is 2. The Morgan fingerprint density at radius 1 is 1.40 bits per heavy atom. The smallest absolute Gasteiger partial charge is 0.223 e. The molecule has 3 N–H and O–H groups in total. The highest BCUT2D eigenvalue weighted by Crippen LogP contribution is 2.26. The van der Waals surface area contributed by atoms with Crippen molar-refractivity contribution in [2.75, 3.05) is 12.3 Å². The summed E-state index contributed by atoms with van der Waals surface area (Å²) in [6.45, 7) is 0.545. The number of anilines is 1. The molecule has 1 aromatic carbocycles. The van der Waals surface area contributed by atoms with Gasteiger partial charge in [-0.05, 0) is 49.9 Å². The zero-order valence-electron chi connectivity index (χ0n) is 13.8. The van der Waals surface area contributed by atoms with Crippen LogP contribution >= 0.6 is 0 Å². The van der Waals surface area contributed by atoms with E-state index >= 15 is 0 Å². The molecule has 0 spiro atoms. The summed E-state index contributed by atoms with van der Waals surface area (Å²) in [6.07, 6.45) is 4.29. The van der Waals surface area contributed by atoms with Crippen LogP contribution in [0.15, 0.2) is 24.3 Å². The van der Waals surface area contributed by atoms with Gasteiger partial charge in [-0.2, -0.15) is 10.4 Å². The number of nitrogens with two attached hydrogens (primary N) is 1. The van der Waals surface area contributed by atoms with Crippen LogP contribution in [0.25, 0.3) is 5.69 Å². The van der Waals surface area contributed by atoms with Crippen molar-refractivity contribution in [2.24, 2.45) is 5.92 Å². The number of rotatable bonds is 6. The summed E-state index contributed by atoms with van der Waals surface area (Å²) in [5.41, 5.74) is 7.53. The summed E-state index contributed by atoms with van der Waals surface area (Å²) in [5.74, 6) is 0.172. The molecule has 0 unspecified atom stereocenters. The number of amides is 1. The minimum Gasteiger partial charge on any atom is -0.382 e. The van der Waals surface area contributed by atoms with E-state index in [0.29, 0.717) is 36.3 Å². The lowest BCUT2D eigenvalue weighted by molar-refractivity contribution is -0.127. The lowest BCUT2D eigenvalue weighted by atomic mass is 9.85. The Kier molecular flexibility index (Phi) is 4.98. The minimum atomic E-state index is -0.350. The van der Waals surface area contributed by atoms with Gasteiger partial charge in [0, 0.05) is 12.5 Å². The Morgan fingerprint density at radius 3 is 2.72 bits per heavy atom. The molecule has 1 aliphatic rings. The van der Waals surface area contributed by atoms with Crippen molar-refractivity contribution in [3.63, 3.8) is 0 Å². The summed E-state index contributed by atoms with van der Waals surface area (Å²) in [5, 5.41) is 16.7. The van der Waals surface area contributed by atoms with E-state index in [9.17, 15) is 14.4 Å². The van der Waals surface area contributed by atoms with Crippen LogP contribution < -0.4 is 11.1 Å². The number of halogens is 1. The first-order valence-corrected chi connectivity index (χ1v) is 8.41. The fourth-order valence-electron chi connectivity index (χ4n) is 2.84. The standard InChI is InChI=1S/C18H20FN5O/c19-13-6-8-14(9-7-13)24-17(21)15(11-20)16(23-24)5-2-10-22-18(25)12-3-1-4-12/h6-9,12H,1-5,10,21H2,(H,22,25). The summed E-state index contributed by atoms with van der Waals surface area (Å²) in [4.78, 5) is 11.8. The Labute approximate surface area is 145 Å². The van der Waals surface area contributed by atoms with E-state index in [4.69, 9.17) is 5.73 Å². The van der Waals surface area contributed by atoms with E-state index < -0.39 is 0 Å². The summed E-state index contributed by atoms with van der Waals surface area (Å²) in [7, 11) is 0. The van der Waals surface area contributed by atoms with Crippen LogP contribution in [0.1, 0.15) is 36.9 Å². The second-order valence-electron chi connectivity index (χ2n) is 6.23. The molecule has 0 radical (unpaired) electrons. The Bertz CT molecular complexity index is 802. The molecule has 0 saturated heterocycles. The zero-order chi connectivity index (χ0) is 17.8. The maximum Gasteiger partial charge on any atom is 0.223 e. The van der Waals surface area contributed by atoms with Gasteiger partial charge in [-0.3, -0.25) is 4.79 Å². The molecule has 1 aromatic heterocycles. The van der Waals surface area contributed by atoms with Crippen molar-refractivity contribution in [2.45, 2.75) is 32.1 Å². The maximum atomic E-state index is 13.1. The molecule has 0 atom stereocenters. The molecule has 6 nitrogen and oxygen atoms in total. The molecule has 1 amide bonds. The van der Waals surface area contributed by atoms with E-state index in [0.717, 1.165) is 19.3 Å². The molecule has 2 aromatic rings. The van der Waals surface area contributed by atoms with Gasteiger partial charge in [-0.25, -0.2) is 9.07 Å². The van der Waals surface area contributed by atoms with Crippen LogP contribution in [0.4, 0.5) is 10.2 Å². The van der Waals surface area contributed by atoms with Gasteiger partial charge < -0.3 is 11.1 Å². The van der Waals surface area contributed by atoms with Gasteiger partial charge in [0.25, 0.3) is 0 Å². The molecule has 0 bridgehead atoms. The molecule has 130 valence electrons. The molecule has 7 heteroatoms. The number of nitrogens with zero attached hydrogens (tertiary/aromatic N) is 3. The summed E-state index contributed by atoms with van der Waals surface area (Å²) in [6, 6.07) is 7.83. The van der Waals surface area contributed by atoms with Gasteiger partial charge in [-0.15, -0.1) is 0 Å². The van der Waals surface area contributed by atoms with Crippen LogP contribution in [-0.2, 0) is 11.2 Å². The van der Waals surface area contributed by atoms with E-state index in [2.05, 4.69) is 16.5 Å². The van der Waals surface area contributed by atoms with Crippen LogP contribution in [0.3, 0.4) is 0 Å². The number of nitrogen functional groups attached to an aromatic ring is 1. The molecule has 1 heterocycles. The van der Waals surface area contributed by atoms with Crippen molar-refractivity contribution in [3.8, 4) is 11.8 Å². The van der Waals surface area contributed by atoms with Gasteiger partial charge in [0.2, 0.25) is 5.91 Å². The highest BCUT2D eigenvalue weighted by Gasteiger charge is 2.24. The van der Waals surface area contributed by atoms with Crippen LogP contribution in [0.2, 0.25) is 0 Å². The average molecular weight is 341 g/mol. The number of nitriles is 1. The third-order valence-electron chi connectivity index (χ3n) is 4.54. The van der Waals surface area contributed by atoms with Gasteiger partial charge in [0.1, 0.15) is 23.3 Å². The van der Waals surface area contributed by atoms with E-state index in [-0.39, 0.29) is 23.5 Å². The lowest BCUT2D eigenvalue weighted by Crippen LogP contribution is -2.35. The highest BCUT2D eigenvalue weighted by molar-refractivity contribution is 5.79. The number of carbonyl (C=O) groups excluding carboxylic acids is 1. The van der Waals surface area contributed by atoms with Crippen molar-refractivity contribution in [1.29, 1.82) is 5.26 Å². The number of nitrogens with one attached hydrogen (secondary N) is 1. The fraction of sp³-hybridized carbons (Fsp3) is 0.389. The topological polar surface area (TPSA) is 96.7 Å². The zero-order valence-corrected chi connectivity index (χ0v) is 13.8. The van der Waals surface area contributed by atoms with Crippen LogP contribution in [0, 0.1) is 23.1 Å². The SMILES string of the molecule is N#Cc1c(CCCNC(=O)C2CCC2)nn(-c2ccc(F)cc2)c1N. The molecular weight excluding hydrogens is 321 g/mol.